The number of rotatable bonds is 6. The minimum absolute atomic E-state index is 0.249. The van der Waals surface area contributed by atoms with Crippen LogP contribution >= 0.6 is 0 Å². The molecule has 23 heavy (non-hydrogen) atoms. The monoisotopic (exact) mass is 314 g/mol. The normalized spacial score (nSPS) is 25.1. The Morgan fingerprint density at radius 2 is 2.22 bits per heavy atom. The van der Waals surface area contributed by atoms with Crippen molar-refractivity contribution < 1.29 is 9.26 Å². The molecule has 6 heteroatoms. The number of nitrogens with zero attached hydrogens (tertiary/aromatic N) is 4. The van der Waals surface area contributed by atoms with Gasteiger partial charge in [-0.3, -0.25) is 9.88 Å². The Morgan fingerprint density at radius 1 is 1.30 bits per heavy atom. The van der Waals surface area contributed by atoms with Gasteiger partial charge in [-0.25, -0.2) is 0 Å². The van der Waals surface area contributed by atoms with Crippen LogP contribution in [0.25, 0.3) is 0 Å². The van der Waals surface area contributed by atoms with Gasteiger partial charge in [0.15, 0.2) is 5.82 Å². The molecule has 122 valence electrons. The fourth-order valence-electron chi connectivity index (χ4n) is 3.38. The van der Waals surface area contributed by atoms with Gasteiger partial charge in [0, 0.05) is 44.8 Å². The Bertz CT molecular complexity index is 641. The maximum Gasteiger partial charge on any atom is 0.231 e. The Kier molecular flexibility index (Phi) is 4.10. The molecule has 2 fully saturated rings. The van der Waals surface area contributed by atoms with E-state index in [9.17, 15) is 0 Å². The maximum absolute atomic E-state index is 5.57. The Labute approximate surface area is 135 Å². The first kappa shape index (κ1) is 14.8. The van der Waals surface area contributed by atoms with Crippen molar-refractivity contribution in [2.24, 2.45) is 5.92 Å². The number of hydrogen-bond acceptors (Lipinski definition) is 6. The molecule has 2 atom stereocenters. The molecule has 6 nitrogen and oxygen atoms in total. The number of hydrogen-bond donors (Lipinski definition) is 0. The average molecular weight is 314 g/mol. The van der Waals surface area contributed by atoms with Crippen molar-refractivity contribution in [3.63, 3.8) is 0 Å². The first-order chi connectivity index (χ1) is 11.3. The molecule has 1 saturated heterocycles. The molecule has 0 aromatic carbocycles. The van der Waals surface area contributed by atoms with E-state index in [0.29, 0.717) is 18.4 Å². The summed E-state index contributed by atoms with van der Waals surface area (Å²) in [6.45, 7) is 3.44. The van der Waals surface area contributed by atoms with E-state index in [1.165, 1.54) is 12.8 Å². The van der Waals surface area contributed by atoms with Crippen LogP contribution in [0.4, 0.5) is 0 Å². The van der Waals surface area contributed by atoms with Crippen molar-refractivity contribution >= 4 is 0 Å². The van der Waals surface area contributed by atoms with Crippen molar-refractivity contribution in [1.82, 2.24) is 20.0 Å². The average Bonchev–Trinajstić information content (AvgIpc) is 3.17. The van der Waals surface area contributed by atoms with Gasteiger partial charge in [0.2, 0.25) is 5.89 Å². The van der Waals surface area contributed by atoms with Gasteiger partial charge >= 0.3 is 0 Å². The smallest absolute Gasteiger partial charge is 0.231 e. The van der Waals surface area contributed by atoms with E-state index in [2.05, 4.69) is 26.1 Å². The second kappa shape index (κ2) is 6.37. The van der Waals surface area contributed by atoms with Crippen molar-refractivity contribution in [1.29, 1.82) is 0 Å². The van der Waals surface area contributed by atoms with Gasteiger partial charge in [-0.05, 0) is 25.0 Å². The van der Waals surface area contributed by atoms with Gasteiger partial charge in [0.05, 0.1) is 18.2 Å². The van der Waals surface area contributed by atoms with Crippen LogP contribution < -0.4 is 0 Å². The van der Waals surface area contributed by atoms with E-state index in [-0.39, 0.29) is 5.92 Å². The fourth-order valence-corrected chi connectivity index (χ4v) is 3.38. The summed E-state index contributed by atoms with van der Waals surface area (Å²) in [4.78, 5) is 11.5. The maximum atomic E-state index is 5.57. The topological polar surface area (TPSA) is 64.3 Å². The van der Waals surface area contributed by atoms with Crippen molar-refractivity contribution in [2.45, 2.75) is 31.2 Å². The predicted molar refractivity (Wildman–Crippen MR) is 83.9 cm³/mol. The number of methoxy groups -OCH3 is 1. The van der Waals surface area contributed by atoms with Gasteiger partial charge in [0.1, 0.15) is 0 Å². The molecule has 0 N–H and O–H groups in total. The molecular weight excluding hydrogens is 292 g/mol. The highest BCUT2D eigenvalue weighted by Crippen LogP contribution is 2.40. The molecular formula is C17H22N4O2. The lowest BCUT2D eigenvalue weighted by molar-refractivity contribution is 0.142. The Morgan fingerprint density at radius 3 is 2.96 bits per heavy atom. The van der Waals surface area contributed by atoms with Gasteiger partial charge in [-0.1, -0.05) is 11.2 Å². The number of ether oxygens (including phenoxy) is 1. The van der Waals surface area contributed by atoms with E-state index in [4.69, 9.17) is 9.26 Å². The molecule has 3 heterocycles. The molecule has 0 radical (unpaired) electrons. The summed E-state index contributed by atoms with van der Waals surface area (Å²) in [5.41, 5.74) is 1.09. The van der Waals surface area contributed by atoms with E-state index in [0.717, 1.165) is 37.0 Å². The van der Waals surface area contributed by atoms with Crippen LogP contribution in [0, 0.1) is 5.92 Å². The predicted octanol–water partition coefficient (Wildman–Crippen LogP) is 2.20. The first-order valence-corrected chi connectivity index (χ1v) is 8.28. The van der Waals surface area contributed by atoms with E-state index in [1.807, 2.05) is 18.3 Å². The van der Waals surface area contributed by atoms with Crippen LogP contribution in [0.3, 0.4) is 0 Å². The molecule has 2 aromatic rings. The van der Waals surface area contributed by atoms with Crippen LogP contribution in [-0.2, 0) is 11.3 Å². The highest BCUT2D eigenvalue weighted by atomic mass is 16.5. The molecule has 0 bridgehead atoms. The van der Waals surface area contributed by atoms with Gasteiger partial charge < -0.3 is 9.26 Å². The molecule has 0 amide bonds. The third-order valence-electron chi connectivity index (χ3n) is 4.73. The highest BCUT2D eigenvalue weighted by molar-refractivity contribution is 5.10. The summed E-state index contributed by atoms with van der Waals surface area (Å²) < 4.78 is 11.0. The summed E-state index contributed by atoms with van der Waals surface area (Å²) in [5, 5.41) is 4.17. The molecule has 0 unspecified atom stereocenters. The highest BCUT2D eigenvalue weighted by Gasteiger charge is 2.38. The lowest BCUT2D eigenvalue weighted by Crippen LogP contribution is -2.21. The zero-order chi connectivity index (χ0) is 15.6. The molecule has 2 aromatic heterocycles. The lowest BCUT2D eigenvalue weighted by Gasteiger charge is -2.14. The van der Waals surface area contributed by atoms with Crippen molar-refractivity contribution in [2.75, 3.05) is 26.8 Å². The molecule has 0 spiro atoms. The number of pyridine rings is 1. The minimum atomic E-state index is 0.249. The van der Waals surface area contributed by atoms with Crippen LogP contribution in [0.15, 0.2) is 28.9 Å². The fraction of sp³-hybridized carbons (Fsp3) is 0.588. The SMILES string of the molecule is COC[C@@H]1CN(Cc2ccccn2)C[C@H]1c1nc(C2CC2)no1. The summed E-state index contributed by atoms with van der Waals surface area (Å²) in [5.74, 6) is 2.83. The summed E-state index contributed by atoms with van der Waals surface area (Å²) >= 11 is 0. The van der Waals surface area contributed by atoms with E-state index < -0.39 is 0 Å². The third-order valence-corrected chi connectivity index (χ3v) is 4.73. The minimum Gasteiger partial charge on any atom is -0.384 e. The molecule has 1 aliphatic heterocycles. The van der Waals surface area contributed by atoms with E-state index >= 15 is 0 Å². The molecule has 2 aliphatic rings. The van der Waals surface area contributed by atoms with Crippen molar-refractivity contribution in [3.8, 4) is 0 Å². The largest absolute Gasteiger partial charge is 0.384 e. The summed E-state index contributed by atoms with van der Waals surface area (Å²) in [6.07, 6.45) is 4.23. The van der Waals surface area contributed by atoms with Gasteiger partial charge in [-0.2, -0.15) is 4.98 Å². The van der Waals surface area contributed by atoms with Gasteiger partial charge in [0.25, 0.3) is 0 Å². The van der Waals surface area contributed by atoms with Crippen LogP contribution in [0.5, 0.6) is 0 Å². The summed E-state index contributed by atoms with van der Waals surface area (Å²) in [6, 6.07) is 6.04. The van der Waals surface area contributed by atoms with Crippen LogP contribution in [-0.4, -0.2) is 46.8 Å². The van der Waals surface area contributed by atoms with Gasteiger partial charge in [-0.15, -0.1) is 0 Å². The number of aromatic nitrogens is 3. The first-order valence-electron chi connectivity index (χ1n) is 8.28. The second-order valence-corrected chi connectivity index (χ2v) is 6.60. The number of likely N-dealkylation sites (tertiary alicyclic amines) is 1. The second-order valence-electron chi connectivity index (χ2n) is 6.60. The standard InChI is InChI=1S/C17H22N4O2/c1-22-11-13-8-21(9-14-4-2-3-7-18-14)10-15(13)17-19-16(20-23-17)12-5-6-12/h2-4,7,12-13,15H,5-6,8-11H2,1H3/t13-,15+/m0/s1. The summed E-state index contributed by atoms with van der Waals surface area (Å²) in [7, 11) is 1.75. The molecule has 1 aliphatic carbocycles. The van der Waals surface area contributed by atoms with Crippen LogP contribution in [0.2, 0.25) is 0 Å². The molecule has 4 rings (SSSR count). The zero-order valence-electron chi connectivity index (χ0n) is 13.4. The van der Waals surface area contributed by atoms with Crippen LogP contribution in [0.1, 0.15) is 42.1 Å². The van der Waals surface area contributed by atoms with E-state index in [1.54, 1.807) is 7.11 Å². The Balaban J connectivity index is 1.48. The van der Waals surface area contributed by atoms with Crippen molar-refractivity contribution in [3.05, 3.63) is 41.8 Å². The quantitative estimate of drug-likeness (QED) is 0.814. The third kappa shape index (κ3) is 3.28. The zero-order valence-corrected chi connectivity index (χ0v) is 13.4. The molecule has 1 saturated carbocycles. The Hall–Kier alpha value is -1.79. The lowest BCUT2D eigenvalue weighted by atomic mass is 9.97.